The molecule has 1 aromatic rings. The van der Waals surface area contributed by atoms with Gasteiger partial charge in [-0.3, -0.25) is 8.74 Å². The number of hydrogen-bond donors (Lipinski definition) is 1. The summed E-state index contributed by atoms with van der Waals surface area (Å²) in [5.74, 6) is 0. The molecule has 0 heterocycles. The lowest BCUT2D eigenvalue weighted by Crippen LogP contribution is -2.02. The van der Waals surface area contributed by atoms with Crippen LogP contribution in [0.5, 0.6) is 0 Å². The Morgan fingerprint density at radius 2 is 2.00 bits per heavy atom. The van der Waals surface area contributed by atoms with Gasteiger partial charge in [0.1, 0.15) is 0 Å². The van der Waals surface area contributed by atoms with Gasteiger partial charge in [-0.15, -0.1) is 0 Å². The highest BCUT2D eigenvalue weighted by Gasteiger charge is 2.02. The molecule has 1 rings (SSSR count). The van der Waals surface area contributed by atoms with Crippen molar-refractivity contribution >= 4 is 20.2 Å². The fourth-order valence-corrected chi connectivity index (χ4v) is 2.20. The van der Waals surface area contributed by atoms with Crippen molar-refractivity contribution in [3.05, 3.63) is 35.4 Å². The van der Waals surface area contributed by atoms with Crippen molar-refractivity contribution in [2.45, 2.75) is 45.6 Å². The highest BCUT2D eigenvalue weighted by molar-refractivity contribution is 8.27. The zero-order valence-corrected chi connectivity index (χ0v) is 12.3. The Morgan fingerprint density at radius 3 is 2.67 bits per heavy atom. The second kappa shape index (κ2) is 7.84. The number of hydrogen-bond acceptors (Lipinski definition) is 3. The van der Waals surface area contributed by atoms with E-state index in [0.29, 0.717) is 0 Å². The number of unbranched alkanes of at least 4 members (excludes halogenated alkanes) is 3. The summed E-state index contributed by atoms with van der Waals surface area (Å²) in [6.45, 7) is 2.28. The zero-order valence-electron chi connectivity index (χ0n) is 10.6. The van der Waals surface area contributed by atoms with E-state index in [2.05, 4.69) is 24.2 Å². The molecule has 5 heteroatoms. The quantitative estimate of drug-likeness (QED) is 0.744. The third-order valence-corrected chi connectivity index (χ3v) is 3.39. The van der Waals surface area contributed by atoms with Crippen LogP contribution >= 0.6 is 0 Å². The van der Waals surface area contributed by atoms with Crippen LogP contribution in [0.3, 0.4) is 0 Å². The normalized spacial score (nSPS) is 14.3. The average molecular weight is 288 g/mol. The fraction of sp³-hybridized carbons (Fsp3) is 0.538. The lowest BCUT2D eigenvalue weighted by atomic mass is 10.0. The topological polar surface area (TPSA) is 46.5 Å². The number of aryl methyl sites for hydroxylation is 1. The maximum absolute atomic E-state index is 10.8. The number of rotatable bonds is 8. The highest BCUT2D eigenvalue weighted by atomic mass is 32.9. The van der Waals surface area contributed by atoms with E-state index >= 15 is 0 Å². The Bertz CT molecular complexity index is 455. The average Bonchev–Trinajstić information content (AvgIpc) is 2.32. The van der Waals surface area contributed by atoms with Gasteiger partial charge in [-0.1, -0.05) is 50.5 Å². The van der Waals surface area contributed by atoms with Crippen LogP contribution < -0.4 is 0 Å². The molecule has 0 radical (unpaired) electrons. The van der Waals surface area contributed by atoms with Crippen molar-refractivity contribution in [2.24, 2.45) is 0 Å². The fourth-order valence-electron chi connectivity index (χ4n) is 1.77. The predicted octanol–water partition coefficient (Wildman–Crippen LogP) is 3.46. The second-order valence-corrected chi connectivity index (χ2v) is 6.68. The largest absolute Gasteiger partial charge is 0.285 e. The standard InChI is InChI=1S/C13H20O3S2/c1-2-3-4-5-7-12-8-6-9-13(10-12)11-16-18(14,15)17/h6,8-10H,2-5,7,11H2,1H3,(H,14,15,17). The van der Waals surface area contributed by atoms with E-state index in [1.807, 2.05) is 18.2 Å². The molecule has 1 N–H and O–H groups in total. The Labute approximate surface area is 114 Å². The van der Waals surface area contributed by atoms with Crippen LogP contribution in [0.2, 0.25) is 0 Å². The SMILES string of the molecule is CCCCCCc1cccc(COS(=O)(O)=S)c1. The Morgan fingerprint density at radius 1 is 1.28 bits per heavy atom. The Hall–Kier alpha value is -0.490. The summed E-state index contributed by atoms with van der Waals surface area (Å²) in [4.78, 5) is 0. The third-order valence-electron chi connectivity index (χ3n) is 2.68. The monoisotopic (exact) mass is 288 g/mol. The Balaban J connectivity index is 2.46. The second-order valence-electron chi connectivity index (χ2n) is 4.32. The summed E-state index contributed by atoms with van der Waals surface area (Å²) in [5.41, 5.74) is 2.12. The van der Waals surface area contributed by atoms with E-state index in [9.17, 15) is 4.21 Å². The first-order chi connectivity index (χ1) is 8.51. The molecule has 0 fully saturated rings. The molecule has 0 bridgehead atoms. The molecule has 0 aliphatic carbocycles. The molecule has 18 heavy (non-hydrogen) atoms. The lowest BCUT2D eigenvalue weighted by molar-refractivity contribution is 0.294. The first-order valence-corrected chi connectivity index (χ1v) is 8.57. The van der Waals surface area contributed by atoms with Crippen molar-refractivity contribution in [1.82, 2.24) is 0 Å². The molecular formula is C13H20O3S2. The molecule has 3 nitrogen and oxygen atoms in total. The third kappa shape index (κ3) is 7.06. The van der Waals surface area contributed by atoms with Crippen molar-refractivity contribution in [1.29, 1.82) is 0 Å². The van der Waals surface area contributed by atoms with Gasteiger partial charge in [0.05, 0.1) is 6.61 Å². The van der Waals surface area contributed by atoms with Crippen LogP contribution in [-0.2, 0) is 37.5 Å². The van der Waals surface area contributed by atoms with Gasteiger partial charge in [0.15, 0.2) is 0 Å². The zero-order chi connectivity index (χ0) is 13.4. The Kier molecular flexibility index (Phi) is 6.78. The van der Waals surface area contributed by atoms with Gasteiger partial charge in [0.2, 0.25) is 0 Å². The van der Waals surface area contributed by atoms with Gasteiger partial charge < -0.3 is 0 Å². The van der Waals surface area contributed by atoms with Crippen molar-refractivity contribution in [2.75, 3.05) is 0 Å². The molecule has 0 spiro atoms. The minimum Gasteiger partial charge on any atom is -0.285 e. The first kappa shape index (κ1) is 15.6. The van der Waals surface area contributed by atoms with E-state index in [1.54, 1.807) is 0 Å². The summed E-state index contributed by atoms with van der Waals surface area (Å²) in [6.07, 6.45) is 5.96. The van der Waals surface area contributed by atoms with E-state index < -0.39 is 9.05 Å². The van der Waals surface area contributed by atoms with Crippen LogP contribution in [0.25, 0.3) is 0 Å². The van der Waals surface area contributed by atoms with Gasteiger partial charge in [0.25, 0.3) is 9.05 Å². The van der Waals surface area contributed by atoms with E-state index in [-0.39, 0.29) is 6.61 Å². The van der Waals surface area contributed by atoms with Crippen molar-refractivity contribution in [3.8, 4) is 0 Å². The van der Waals surface area contributed by atoms with Crippen molar-refractivity contribution in [3.63, 3.8) is 0 Å². The van der Waals surface area contributed by atoms with Gasteiger partial charge in [-0.25, -0.2) is 0 Å². The highest BCUT2D eigenvalue weighted by Crippen LogP contribution is 2.11. The molecule has 0 aromatic heterocycles. The minimum atomic E-state index is -3.53. The van der Waals surface area contributed by atoms with E-state index in [0.717, 1.165) is 12.0 Å². The van der Waals surface area contributed by atoms with Crippen LogP contribution in [0.15, 0.2) is 24.3 Å². The summed E-state index contributed by atoms with van der Waals surface area (Å²) in [7, 11) is -3.53. The van der Waals surface area contributed by atoms with E-state index in [1.165, 1.54) is 31.2 Å². The lowest BCUT2D eigenvalue weighted by Gasteiger charge is -2.06. The molecule has 1 unspecified atom stereocenters. The minimum absolute atomic E-state index is 0.0850. The van der Waals surface area contributed by atoms with Crippen LogP contribution in [0.4, 0.5) is 0 Å². The molecule has 1 atom stereocenters. The molecule has 102 valence electrons. The van der Waals surface area contributed by atoms with Crippen LogP contribution in [0.1, 0.15) is 43.7 Å². The van der Waals surface area contributed by atoms with Crippen LogP contribution in [0, 0.1) is 0 Å². The maximum atomic E-state index is 10.8. The predicted molar refractivity (Wildman–Crippen MR) is 77.2 cm³/mol. The molecule has 0 amide bonds. The summed E-state index contributed by atoms with van der Waals surface area (Å²) < 4.78 is 24.4. The maximum Gasteiger partial charge on any atom is 0.266 e. The molecule has 0 saturated heterocycles. The van der Waals surface area contributed by atoms with Gasteiger partial charge in [0, 0.05) is 11.2 Å². The van der Waals surface area contributed by atoms with Gasteiger partial charge in [-0.05, 0) is 24.0 Å². The molecule has 0 aliphatic rings. The summed E-state index contributed by atoms with van der Waals surface area (Å²) >= 11 is 4.28. The summed E-state index contributed by atoms with van der Waals surface area (Å²) in [6, 6.07) is 7.89. The first-order valence-electron chi connectivity index (χ1n) is 6.21. The van der Waals surface area contributed by atoms with Crippen LogP contribution in [-0.4, -0.2) is 8.76 Å². The van der Waals surface area contributed by atoms with Crippen molar-refractivity contribution < 1.29 is 12.9 Å². The van der Waals surface area contributed by atoms with E-state index in [4.69, 9.17) is 8.74 Å². The molecule has 1 aromatic carbocycles. The summed E-state index contributed by atoms with van der Waals surface area (Å²) in [5, 5.41) is 0. The van der Waals surface area contributed by atoms with Gasteiger partial charge in [-0.2, -0.15) is 4.21 Å². The molecule has 0 saturated carbocycles. The van der Waals surface area contributed by atoms with Gasteiger partial charge >= 0.3 is 0 Å². The molecule has 0 aliphatic heterocycles. The smallest absolute Gasteiger partial charge is 0.266 e. The molecular weight excluding hydrogens is 268 g/mol. The number of benzene rings is 1.